The Hall–Kier alpha value is -3.85. The van der Waals surface area contributed by atoms with Crippen LogP contribution in [-0.2, 0) is 26.2 Å². The van der Waals surface area contributed by atoms with E-state index in [0.29, 0.717) is 12.2 Å². The smallest absolute Gasteiger partial charge is 0.264 e. The van der Waals surface area contributed by atoms with Crippen molar-refractivity contribution >= 4 is 27.5 Å². The number of para-hydroxylation sites is 2. The van der Waals surface area contributed by atoms with Crippen LogP contribution in [0.5, 0.6) is 5.75 Å². The number of sulfonamides is 1. The third kappa shape index (κ3) is 7.50. The number of nitrogens with one attached hydrogen (secondary N) is 1. The monoisotopic (exact) mass is 591 g/mol. The lowest BCUT2D eigenvalue weighted by molar-refractivity contribution is -0.140. The van der Waals surface area contributed by atoms with Crippen LogP contribution in [0.3, 0.4) is 0 Å². The fraction of sp³-hybridized carbons (Fsp3) is 0.394. The lowest BCUT2D eigenvalue weighted by Gasteiger charge is -2.34. The number of carbonyl (C=O) groups is 2. The van der Waals surface area contributed by atoms with Gasteiger partial charge in [0.05, 0.1) is 17.7 Å². The number of amides is 2. The predicted octanol–water partition coefficient (Wildman–Crippen LogP) is 5.46. The maximum atomic E-state index is 14.3. The van der Waals surface area contributed by atoms with Gasteiger partial charge in [0, 0.05) is 12.6 Å². The minimum absolute atomic E-state index is 0.0517. The molecule has 2 amide bonds. The van der Waals surface area contributed by atoms with E-state index in [9.17, 15) is 18.0 Å². The van der Waals surface area contributed by atoms with Gasteiger partial charge in [-0.05, 0) is 56.0 Å². The summed E-state index contributed by atoms with van der Waals surface area (Å²) in [6.07, 6.45) is 5.53. The minimum Gasteiger partial charge on any atom is -0.495 e. The fourth-order valence-corrected chi connectivity index (χ4v) is 6.87. The summed E-state index contributed by atoms with van der Waals surface area (Å²) in [6.45, 7) is 3.52. The van der Waals surface area contributed by atoms with Gasteiger partial charge < -0.3 is 15.0 Å². The zero-order valence-corrected chi connectivity index (χ0v) is 25.5. The average molecular weight is 592 g/mol. The zero-order valence-electron chi connectivity index (χ0n) is 24.7. The Morgan fingerprint density at radius 3 is 2.21 bits per heavy atom. The molecule has 42 heavy (non-hydrogen) atoms. The molecule has 3 aromatic carbocycles. The topological polar surface area (TPSA) is 96.0 Å². The van der Waals surface area contributed by atoms with Gasteiger partial charge in [-0.15, -0.1) is 0 Å². The molecule has 0 heterocycles. The number of hydrogen-bond acceptors (Lipinski definition) is 5. The average Bonchev–Trinajstić information content (AvgIpc) is 3.01. The number of methoxy groups -OCH3 is 1. The molecule has 1 aliphatic carbocycles. The molecule has 4 rings (SSSR count). The lowest BCUT2D eigenvalue weighted by atomic mass is 9.95. The van der Waals surface area contributed by atoms with E-state index in [1.54, 1.807) is 42.5 Å². The van der Waals surface area contributed by atoms with E-state index < -0.39 is 28.5 Å². The molecule has 1 N–H and O–H groups in total. The molecule has 3 aromatic rings. The predicted molar refractivity (Wildman–Crippen MR) is 165 cm³/mol. The van der Waals surface area contributed by atoms with Crippen LogP contribution in [0.1, 0.15) is 56.6 Å². The standard InChI is InChI=1S/C33H41N3O5S/c1-4-29(33(38)34-27-13-7-5-8-14-27)35(23-26-21-19-25(2)20-22-26)32(37)24-36(30-17-11-12-18-31(30)41-3)42(39,40)28-15-9-6-10-16-28/h6,9-12,15-22,27,29H,4-5,7-8,13-14,23-24H2,1-3H3,(H,34,38)/t29-/m1/s1. The second kappa shape index (κ2) is 14.4. The van der Waals surface area contributed by atoms with Crippen molar-refractivity contribution in [2.75, 3.05) is 18.0 Å². The molecule has 0 unspecified atom stereocenters. The molecule has 0 radical (unpaired) electrons. The van der Waals surface area contributed by atoms with Crippen LogP contribution in [0.25, 0.3) is 0 Å². The van der Waals surface area contributed by atoms with E-state index in [1.165, 1.54) is 24.1 Å². The Balaban J connectivity index is 1.72. The van der Waals surface area contributed by atoms with Crippen molar-refractivity contribution in [3.05, 3.63) is 90.0 Å². The van der Waals surface area contributed by atoms with Gasteiger partial charge in [-0.3, -0.25) is 13.9 Å². The highest BCUT2D eigenvalue weighted by molar-refractivity contribution is 7.92. The Morgan fingerprint density at radius 2 is 1.57 bits per heavy atom. The number of aryl methyl sites for hydroxylation is 1. The maximum absolute atomic E-state index is 14.3. The molecule has 8 nitrogen and oxygen atoms in total. The summed E-state index contributed by atoms with van der Waals surface area (Å²) in [4.78, 5) is 29.5. The highest BCUT2D eigenvalue weighted by Crippen LogP contribution is 2.32. The molecule has 0 saturated heterocycles. The summed E-state index contributed by atoms with van der Waals surface area (Å²) in [5.74, 6) is -0.372. The Morgan fingerprint density at radius 1 is 0.929 bits per heavy atom. The highest BCUT2D eigenvalue weighted by atomic mass is 32.2. The Labute approximate surface area is 249 Å². The van der Waals surface area contributed by atoms with Gasteiger partial charge in [0.25, 0.3) is 10.0 Å². The van der Waals surface area contributed by atoms with Gasteiger partial charge in [-0.2, -0.15) is 0 Å². The molecule has 1 saturated carbocycles. The molecule has 224 valence electrons. The van der Waals surface area contributed by atoms with Gasteiger partial charge in [-0.25, -0.2) is 8.42 Å². The maximum Gasteiger partial charge on any atom is 0.264 e. The van der Waals surface area contributed by atoms with Gasteiger partial charge in [0.2, 0.25) is 11.8 Å². The zero-order chi connectivity index (χ0) is 30.1. The Kier molecular flexibility index (Phi) is 10.6. The summed E-state index contributed by atoms with van der Waals surface area (Å²) in [6, 6.07) is 21.8. The normalized spacial score (nSPS) is 14.5. The first-order valence-corrected chi connectivity index (χ1v) is 16.0. The number of nitrogens with zero attached hydrogens (tertiary/aromatic N) is 2. The molecule has 1 aliphatic rings. The second-order valence-electron chi connectivity index (χ2n) is 10.8. The largest absolute Gasteiger partial charge is 0.495 e. The van der Waals surface area contributed by atoms with Crippen molar-refractivity contribution in [3.8, 4) is 5.75 Å². The van der Waals surface area contributed by atoms with Crippen molar-refractivity contribution in [2.24, 2.45) is 0 Å². The molecule has 9 heteroatoms. The number of rotatable bonds is 12. The molecule has 0 bridgehead atoms. The summed E-state index contributed by atoms with van der Waals surface area (Å²) in [7, 11) is -2.71. The van der Waals surface area contributed by atoms with Crippen molar-refractivity contribution in [2.45, 2.75) is 75.9 Å². The van der Waals surface area contributed by atoms with Crippen molar-refractivity contribution in [3.63, 3.8) is 0 Å². The van der Waals surface area contributed by atoms with Gasteiger partial charge in [-0.1, -0.05) is 86.3 Å². The third-order valence-electron chi connectivity index (χ3n) is 7.77. The van der Waals surface area contributed by atoms with Crippen LogP contribution >= 0.6 is 0 Å². The lowest BCUT2D eigenvalue weighted by Crippen LogP contribution is -2.54. The van der Waals surface area contributed by atoms with Crippen LogP contribution in [0.4, 0.5) is 5.69 Å². The van der Waals surface area contributed by atoms with Crippen molar-refractivity contribution < 1.29 is 22.7 Å². The summed E-state index contributed by atoms with van der Waals surface area (Å²) >= 11 is 0. The SMILES string of the molecule is CC[C@H](C(=O)NC1CCCCC1)N(Cc1ccc(C)cc1)C(=O)CN(c1ccccc1OC)S(=O)(=O)c1ccccc1. The minimum atomic E-state index is -4.16. The highest BCUT2D eigenvalue weighted by Gasteiger charge is 2.35. The van der Waals surface area contributed by atoms with Crippen LogP contribution in [0.2, 0.25) is 0 Å². The van der Waals surface area contributed by atoms with Gasteiger partial charge in [0.1, 0.15) is 18.3 Å². The molecule has 1 fully saturated rings. The number of anilines is 1. The van der Waals surface area contributed by atoms with Crippen molar-refractivity contribution in [1.29, 1.82) is 0 Å². The van der Waals surface area contributed by atoms with E-state index in [4.69, 9.17) is 4.74 Å². The van der Waals surface area contributed by atoms with Crippen molar-refractivity contribution in [1.82, 2.24) is 10.2 Å². The molecule has 0 aliphatic heterocycles. The van der Waals surface area contributed by atoms with E-state index in [2.05, 4.69) is 5.32 Å². The number of carbonyl (C=O) groups excluding carboxylic acids is 2. The summed E-state index contributed by atoms with van der Waals surface area (Å²) in [5.41, 5.74) is 2.18. The van der Waals surface area contributed by atoms with E-state index >= 15 is 0 Å². The molecular formula is C33H41N3O5S. The second-order valence-corrected chi connectivity index (χ2v) is 12.6. The van der Waals surface area contributed by atoms with E-state index in [-0.39, 0.29) is 29.1 Å². The first-order chi connectivity index (χ1) is 20.2. The van der Waals surface area contributed by atoms with Crippen LogP contribution in [0, 0.1) is 6.92 Å². The first kappa shape index (κ1) is 31.1. The number of ether oxygens (including phenoxy) is 1. The van der Waals surface area contributed by atoms with Gasteiger partial charge in [0.15, 0.2) is 0 Å². The quantitative estimate of drug-likeness (QED) is 0.302. The first-order valence-electron chi connectivity index (χ1n) is 14.6. The van der Waals surface area contributed by atoms with Crippen LogP contribution in [0.15, 0.2) is 83.8 Å². The Bertz CT molecular complexity index is 1440. The molecular weight excluding hydrogens is 550 g/mol. The summed E-state index contributed by atoms with van der Waals surface area (Å²) in [5, 5.41) is 3.17. The van der Waals surface area contributed by atoms with Crippen LogP contribution in [-0.4, -0.2) is 50.9 Å². The third-order valence-corrected chi connectivity index (χ3v) is 9.55. The molecule has 0 spiro atoms. The van der Waals surface area contributed by atoms with Gasteiger partial charge >= 0.3 is 0 Å². The number of hydrogen-bond donors (Lipinski definition) is 1. The number of benzene rings is 3. The summed E-state index contributed by atoms with van der Waals surface area (Å²) < 4.78 is 34.6. The van der Waals surface area contributed by atoms with Crippen LogP contribution < -0.4 is 14.4 Å². The van der Waals surface area contributed by atoms with E-state index in [1.807, 2.05) is 38.1 Å². The fourth-order valence-electron chi connectivity index (χ4n) is 5.42. The van der Waals surface area contributed by atoms with E-state index in [0.717, 1.165) is 47.5 Å². The molecule has 1 atom stereocenters. The molecule has 0 aromatic heterocycles.